The smallest absolute Gasteiger partial charge is 0.127 e. The van der Waals surface area contributed by atoms with Gasteiger partial charge >= 0.3 is 0 Å². The summed E-state index contributed by atoms with van der Waals surface area (Å²) >= 11 is 6.09. The van der Waals surface area contributed by atoms with Gasteiger partial charge in [0.25, 0.3) is 0 Å². The quantitative estimate of drug-likeness (QED) is 0.841. The number of nitriles is 1. The van der Waals surface area contributed by atoms with Gasteiger partial charge in [-0.05, 0) is 44.4 Å². The second-order valence-electron chi connectivity index (χ2n) is 5.96. The maximum atomic E-state index is 13.9. The van der Waals surface area contributed by atoms with Crippen LogP contribution in [-0.4, -0.2) is 23.5 Å². The highest BCUT2D eigenvalue weighted by Gasteiger charge is 2.35. The molecule has 1 aromatic rings. The van der Waals surface area contributed by atoms with Crippen molar-refractivity contribution in [2.24, 2.45) is 5.92 Å². The lowest BCUT2D eigenvalue weighted by Gasteiger charge is -2.41. The van der Waals surface area contributed by atoms with Gasteiger partial charge in [0, 0.05) is 23.6 Å². The second-order valence-corrected chi connectivity index (χ2v) is 6.36. The first-order chi connectivity index (χ1) is 9.46. The van der Waals surface area contributed by atoms with E-state index in [2.05, 4.69) is 17.9 Å². The molecular formula is C16H20ClFN2. The molecular weight excluding hydrogens is 275 g/mol. The normalized spacial score (nSPS) is 23.1. The molecule has 1 heterocycles. The largest absolute Gasteiger partial charge is 0.285 e. The Labute approximate surface area is 125 Å². The van der Waals surface area contributed by atoms with Gasteiger partial charge in [-0.15, -0.1) is 0 Å². The Morgan fingerprint density at radius 2 is 2.30 bits per heavy atom. The summed E-state index contributed by atoms with van der Waals surface area (Å²) in [6.07, 6.45) is 2.60. The molecule has 0 saturated carbocycles. The molecule has 2 atom stereocenters. The lowest BCUT2D eigenvalue weighted by Crippen LogP contribution is -2.51. The highest BCUT2D eigenvalue weighted by atomic mass is 35.5. The van der Waals surface area contributed by atoms with Crippen molar-refractivity contribution in [3.63, 3.8) is 0 Å². The van der Waals surface area contributed by atoms with Crippen molar-refractivity contribution in [3.8, 4) is 6.07 Å². The van der Waals surface area contributed by atoms with Crippen molar-refractivity contribution in [2.75, 3.05) is 13.1 Å². The van der Waals surface area contributed by atoms with Crippen LogP contribution in [0.5, 0.6) is 0 Å². The third kappa shape index (κ3) is 3.13. The number of likely N-dealkylation sites (tertiary alicyclic amines) is 1. The van der Waals surface area contributed by atoms with Crippen LogP contribution in [0.4, 0.5) is 4.39 Å². The average molecular weight is 295 g/mol. The molecule has 1 fully saturated rings. The van der Waals surface area contributed by atoms with Crippen LogP contribution < -0.4 is 0 Å². The summed E-state index contributed by atoms with van der Waals surface area (Å²) in [5.74, 6) is 0.247. The Balaban J connectivity index is 2.25. The summed E-state index contributed by atoms with van der Waals surface area (Å²) in [7, 11) is 0. The van der Waals surface area contributed by atoms with E-state index < -0.39 is 5.54 Å². The fraction of sp³-hybridized carbons (Fsp3) is 0.562. The summed E-state index contributed by atoms with van der Waals surface area (Å²) in [6, 6.07) is 7.04. The molecule has 108 valence electrons. The van der Waals surface area contributed by atoms with Crippen molar-refractivity contribution >= 4 is 11.6 Å². The Morgan fingerprint density at radius 1 is 1.55 bits per heavy atom. The molecule has 1 saturated heterocycles. The predicted octanol–water partition coefficient (Wildman–Crippen LogP) is 4.04. The number of benzene rings is 1. The minimum Gasteiger partial charge on any atom is -0.285 e. The van der Waals surface area contributed by atoms with Gasteiger partial charge in [-0.2, -0.15) is 5.26 Å². The van der Waals surface area contributed by atoms with Gasteiger partial charge in [-0.1, -0.05) is 24.6 Å². The van der Waals surface area contributed by atoms with E-state index in [1.165, 1.54) is 12.5 Å². The van der Waals surface area contributed by atoms with Gasteiger partial charge in [0.15, 0.2) is 0 Å². The molecule has 20 heavy (non-hydrogen) atoms. The van der Waals surface area contributed by atoms with Crippen molar-refractivity contribution in [3.05, 3.63) is 34.6 Å². The number of halogens is 2. The molecule has 2 unspecified atom stereocenters. The molecule has 4 heteroatoms. The topological polar surface area (TPSA) is 27.0 Å². The van der Waals surface area contributed by atoms with Crippen LogP contribution in [0, 0.1) is 23.1 Å². The SMILES string of the molecule is CC1CCCN(C(C)(C#N)Cc2c(F)cccc2Cl)C1. The first-order valence-electron chi connectivity index (χ1n) is 7.05. The summed E-state index contributed by atoms with van der Waals surface area (Å²) in [5.41, 5.74) is -0.267. The Hall–Kier alpha value is -1.11. The van der Waals surface area contributed by atoms with Gasteiger partial charge < -0.3 is 0 Å². The number of rotatable bonds is 3. The van der Waals surface area contributed by atoms with E-state index in [0.29, 0.717) is 22.9 Å². The van der Waals surface area contributed by atoms with E-state index in [-0.39, 0.29) is 5.82 Å². The first-order valence-corrected chi connectivity index (χ1v) is 7.43. The first kappa shape index (κ1) is 15.3. The fourth-order valence-electron chi connectivity index (χ4n) is 2.91. The molecule has 0 aromatic heterocycles. The number of nitrogens with zero attached hydrogens (tertiary/aromatic N) is 2. The molecule has 0 radical (unpaired) electrons. The molecule has 0 amide bonds. The van der Waals surface area contributed by atoms with Crippen LogP contribution in [-0.2, 0) is 6.42 Å². The Kier molecular flexibility index (Phi) is 4.67. The van der Waals surface area contributed by atoms with Gasteiger partial charge in [0.05, 0.1) is 6.07 Å². The molecule has 1 aliphatic rings. The highest BCUT2D eigenvalue weighted by Crippen LogP contribution is 2.30. The van der Waals surface area contributed by atoms with E-state index in [0.717, 1.165) is 19.5 Å². The van der Waals surface area contributed by atoms with Crippen molar-refractivity contribution in [1.29, 1.82) is 5.26 Å². The van der Waals surface area contributed by atoms with Crippen LogP contribution in [0.1, 0.15) is 32.3 Å². The lowest BCUT2D eigenvalue weighted by molar-refractivity contribution is 0.0953. The van der Waals surface area contributed by atoms with E-state index in [4.69, 9.17) is 11.6 Å². The molecule has 2 rings (SSSR count). The third-order valence-corrected chi connectivity index (χ3v) is 4.53. The number of hydrogen-bond acceptors (Lipinski definition) is 2. The maximum Gasteiger partial charge on any atom is 0.127 e. The van der Waals surface area contributed by atoms with Crippen LogP contribution in [0.25, 0.3) is 0 Å². The Bertz CT molecular complexity index is 505. The summed E-state index contributed by atoms with van der Waals surface area (Å²) in [5, 5.41) is 10.0. The average Bonchev–Trinajstić information content (AvgIpc) is 2.43. The summed E-state index contributed by atoms with van der Waals surface area (Å²) in [6.45, 7) is 5.85. The monoisotopic (exact) mass is 294 g/mol. The zero-order valence-corrected chi connectivity index (χ0v) is 12.8. The number of hydrogen-bond donors (Lipinski definition) is 0. The van der Waals surface area contributed by atoms with E-state index in [1.807, 2.05) is 6.92 Å². The minimum absolute atomic E-state index is 0.321. The minimum atomic E-state index is -0.708. The van der Waals surface area contributed by atoms with Gasteiger partial charge in [-0.3, -0.25) is 4.90 Å². The molecule has 0 bridgehead atoms. The van der Waals surface area contributed by atoms with E-state index >= 15 is 0 Å². The molecule has 2 nitrogen and oxygen atoms in total. The van der Waals surface area contributed by atoms with E-state index in [9.17, 15) is 9.65 Å². The molecule has 0 spiro atoms. The second kappa shape index (κ2) is 6.11. The highest BCUT2D eigenvalue weighted by molar-refractivity contribution is 6.31. The van der Waals surface area contributed by atoms with Crippen molar-refractivity contribution in [1.82, 2.24) is 4.90 Å². The van der Waals surface area contributed by atoms with Crippen LogP contribution in [0.3, 0.4) is 0 Å². The zero-order valence-electron chi connectivity index (χ0n) is 12.0. The van der Waals surface area contributed by atoms with Crippen LogP contribution in [0.15, 0.2) is 18.2 Å². The number of piperidine rings is 1. The standard InChI is InChI=1S/C16H20ClFN2/c1-12-5-4-8-20(10-12)16(2,11-19)9-13-14(17)6-3-7-15(13)18/h3,6-7,12H,4-5,8-10H2,1-2H3. The van der Waals surface area contributed by atoms with Gasteiger partial charge in [-0.25, -0.2) is 4.39 Å². The maximum absolute atomic E-state index is 13.9. The Morgan fingerprint density at radius 3 is 2.90 bits per heavy atom. The zero-order chi connectivity index (χ0) is 14.8. The fourth-order valence-corrected chi connectivity index (χ4v) is 3.13. The molecule has 1 aliphatic heterocycles. The summed E-state index contributed by atoms with van der Waals surface area (Å²) < 4.78 is 13.9. The third-order valence-electron chi connectivity index (χ3n) is 4.18. The summed E-state index contributed by atoms with van der Waals surface area (Å²) in [4.78, 5) is 2.17. The van der Waals surface area contributed by atoms with Crippen LogP contribution >= 0.6 is 11.6 Å². The van der Waals surface area contributed by atoms with Crippen molar-refractivity contribution < 1.29 is 4.39 Å². The predicted molar refractivity (Wildman–Crippen MR) is 79.1 cm³/mol. The van der Waals surface area contributed by atoms with Crippen LogP contribution in [0.2, 0.25) is 5.02 Å². The lowest BCUT2D eigenvalue weighted by atomic mass is 9.88. The van der Waals surface area contributed by atoms with E-state index in [1.54, 1.807) is 12.1 Å². The molecule has 1 aromatic carbocycles. The van der Waals surface area contributed by atoms with Gasteiger partial charge in [0.2, 0.25) is 0 Å². The van der Waals surface area contributed by atoms with Gasteiger partial charge in [0.1, 0.15) is 11.4 Å². The molecule has 0 N–H and O–H groups in total. The van der Waals surface area contributed by atoms with Crippen molar-refractivity contribution in [2.45, 2.75) is 38.6 Å². The molecule has 0 aliphatic carbocycles.